The average Bonchev–Trinajstić information content (AvgIpc) is 2.62. The van der Waals surface area contributed by atoms with Gasteiger partial charge in [0, 0.05) is 24.3 Å². The molecule has 1 unspecified atom stereocenters. The van der Waals surface area contributed by atoms with Crippen molar-refractivity contribution in [2.75, 3.05) is 6.54 Å². The van der Waals surface area contributed by atoms with Crippen LogP contribution >= 0.6 is 0 Å². The van der Waals surface area contributed by atoms with Gasteiger partial charge >= 0.3 is 0 Å². The van der Waals surface area contributed by atoms with Crippen molar-refractivity contribution >= 4 is 5.91 Å². The van der Waals surface area contributed by atoms with Crippen molar-refractivity contribution in [3.05, 3.63) is 48.4 Å². The first-order valence-corrected chi connectivity index (χ1v) is 7.97. The fraction of sp³-hybridized carbons (Fsp3) is 0.389. The standard InChI is InChI=1S/C18H21N3O/c1-2-15-10-6-7-11-21(15)18(22)16-12-19-13-20-17(16)14-8-4-3-5-9-14/h3-5,8-9,12-13,15H,2,6-7,10-11H2,1H3. The number of amides is 1. The highest BCUT2D eigenvalue weighted by atomic mass is 16.2. The Morgan fingerprint density at radius 1 is 1.27 bits per heavy atom. The summed E-state index contributed by atoms with van der Waals surface area (Å²) in [7, 11) is 0. The van der Waals surface area contributed by atoms with E-state index in [1.807, 2.05) is 35.2 Å². The summed E-state index contributed by atoms with van der Waals surface area (Å²) in [5, 5.41) is 0. The molecule has 1 aliphatic rings. The lowest BCUT2D eigenvalue weighted by Crippen LogP contribution is -2.43. The van der Waals surface area contributed by atoms with Gasteiger partial charge < -0.3 is 4.90 Å². The Hall–Kier alpha value is -2.23. The maximum Gasteiger partial charge on any atom is 0.257 e. The smallest absolute Gasteiger partial charge is 0.257 e. The van der Waals surface area contributed by atoms with Crippen LogP contribution in [0.1, 0.15) is 43.0 Å². The maximum atomic E-state index is 13.0. The van der Waals surface area contributed by atoms with Gasteiger partial charge in [0.25, 0.3) is 5.91 Å². The van der Waals surface area contributed by atoms with Crippen molar-refractivity contribution in [1.82, 2.24) is 14.9 Å². The molecule has 0 aliphatic carbocycles. The molecule has 22 heavy (non-hydrogen) atoms. The molecule has 4 heteroatoms. The molecule has 1 saturated heterocycles. The summed E-state index contributed by atoms with van der Waals surface area (Å²) in [4.78, 5) is 23.5. The third kappa shape index (κ3) is 2.86. The summed E-state index contributed by atoms with van der Waals surface area (Å²) >= 11 is 0. The van der Waals surface area contributed by atoms with E-state index in [1.165, 1.54) is 12.7 Å². The largest absolute Gasteiger partial charge is 0.336 e. The third-order valence-corrected chi connectivity index (χ3v) is 4.35. The summed E-state index contributed by atoms with van der Waals surface area (Å²) in [6.45, 7) is 2.98. The summed E-state index contributed by atoms with van der Waals surface area (Å²) in [5.74, 6) is 0.0611. The van der Waals surface area contributed by atoms with E-state index in [2.05, 4.69) is 16.9 Å². The molecule has 1 amide bonds. The Morgan fingerprint density at radius 3 is 2.86 bits per heavy atom. The highest BCUT2D eigenvalue weighted by Gasteiger charge is 2.28. The predicted octanol–water partition coefficient (Wildman–Crippen LogP) is 3.55. The van der Waals surface area contributed by atoms with Gasteiger partial charge in [0.2, 0.25) is 0 Å². The van der Waals surface area contributed by atoms with Crippen molar-refractivity contribution < 1.29 is 4.79 Å². The van der Waals surface area contributed by atoms with Gasteiger partial charge in [0.1, 0.15) is 6.33 Å². The zero-order valence-corrected chi connectivity index (χ0v) is 12.9. The van der Waals surface area contributed by atoms with Gasteiger partial charge in [0.05, 0.1) is 11.3 Å². The van der Waals surface area contributed by atoms with Crippen LogP contribution in [0.5, 0.6) is 0 Å². The van der Waals surface area contributed by atoms with Gasteiger partial charge in [-0.1, -0.05) is 37.3 Å². The first-order chi connectivity index (χ1) is 10.8. The molecule has 0 N–H and O–H groups in total. The van der Waals surface area contributed by atoms with Gasteiger partial charge in [-0.15, -0.1) is 0 Å². The molecule has 0 bridgehead atoms. The highest BCUT2D eigenvalue weighted by Crippen LogP contribution is 2.26. The normalized spacial score (nSPS) is 18.2. The second kappa shape index (κ2) is 6.69. The molecular formula is C18H21N3O. The van der Waals surface area contributed by atoms with Crippen LogP contribution in [-0.4, -0.2) is 33.4 Å². The Bertz CT molecular complexity index is 642. The fourth-order valence-electron chi connectivity index (χ4n) is 3.16. The molecule has 1 aromatic carbocycles. The summed E-state index contributed by atoms with van der Waals surface area (Å²) in [6, 6.07) is 10.2. The molecule has 114 valence electrons. The molecule has 1 aliphatic heterocycles. The lowest BCUT2D eigenvalue weighted by atomic mass is 9.98. The molecule has 4 nitrogen and oxygen atoms in total. The van der Waals surface area contributed by atoms with Crippen molar-refractivity contribution in [3.8, 4) is 11.3 Å². The van der Waals surface area contributed by atoms with Crippen LogP contribution in [-0.2, 0) is 0 Å². The number of carbonyl (C=O) groups excluding carboxylic acids is 1. The van der Waals surface area contributed by atoms with E-state index in [0.717, 1.165) is 37.1 Å². The second-order valence-corrected chi connectivity index (χ2v) is 5.71. The summed E-state index contributed by atoms with van der Waals surface area (Å²) < 4.78 is 0. The number of hydrogen-bond donors (Lipinski definition) is 0. The van der Waals surface area contributed by atoms with E-state index < -0.39 is 0 Å². The topological polar surface area (TPSA) is 46.1 Å². The number of carbonyl (C=O) groups is 1. The number of rotatable bonds is 3. The first kappa shape index (κ1) is 14.7. The van der Waals surface area contributed by atoms with Gasteiger partial charge in [-0.05, 0) is 25.7 Å². The molecular weight excluding hydrogens is 274 g/mol. The van der Waals surface area contributed by atoms with Crippen molar-refractivity contribution in [1.29, 1.82) is 0 Å². The average molecular weight is 295 g/mol. The molecule has 1 fully saturated rings. The van der Waals surface area contributed by atoms with Crippen molar-refractivity contribution in [3.63, 3.8) is 0 Å². The molecule has 0 spiro atoms. The Labute approximate surface area is 131 Å². The number of nitrogens with zero attached hydrogens (tertiary/aromatic N) is 3. The van der Waals surface area contributed by atoms with Crippen LogP contribution < -0.4 is 0 Å². The summed E-state index contributed by atoms with van der Waals surface area (Å²) in [6.07, 6.45) is 7.54. The Kier molecular flexibility index (Phi) is 4.47. The van der Waals surface area contributed by atoms with Crippen LogP contribution in [0.4, 0.5) is 0 Å². The van der Waals surface area contributed by atoms with E-state index in [9.17, 15) is 4.79 Å². The van der Waals surface area contributed by atoms with E-state index in [1.54, 1.807) is 6.20 Å². The monoisotopic (exact) mass is 295 g/mol. The molecule has 3 rings (SSSR count). The zero-order valence-electron chi connectivity index (χ0n) is 12.9. The van der Waals surface area contributed by atoms with Crippen LogP contribution in [0, 0.1) is 0 Å². The van der Waals surface area contributed by atoms with Crippen molar-refractivity contribution in [2.45, 2.75) is 38.6 Å². The van der Waals surface area contributed by atoms with Crippen LogP contribution in [0.15, 0.2) is 42.9 Å². The highest BCUT2D eigenvalue weighted by molar-refractivity contribution is 5.99. The molecule has 0 saturated carbocycles. The predicted molar refractivity (Wildman–Crippen MR) is 86.4 cm³/mol. The van der Waals surface area contributed by atoms with Gasteiger partial charge in [-0.25, -0.2) is 9.97 Å². The molecule has 2 aromatic rings. The second-order valence-electron chi connectivity index (χ2n) is 5.71. The van der Waals surface area contributed by atoms with Crippen molar-refractivity contribution in [2.24, 2.45) is 0 Å². The van der Waals surface area contributed by atoms with E-state index in [0.29, 0.717) is 11.6 Å². The zero-order chi connectivity index (χ0) is 15.4. The molecule has 1 atom stereocenters. The first-order valence-electron chi connectivity index (χ1n) is 7.97. The molecule has 1 aromatic heterocycles. The number of likely N-dealkylation sites (tertiary alicyclic amines) is 1. The van der Waals surface area contributed by atoms with Gasteiger partial charge in [0.15, 0.2) is 0 Å². The number of aromatic nitrogens is 2. The van der Waals surface area contributed by atoms with Crippen LogP contribution in [0.25, 0.3) is 11.3 Å². The van der Waals surface area contributed by atoms with E-state index in [-0.39, 0.29) is 5.91 Å². The summed E-state index contributed by atoms with van der Waals surface area (Å²) in [5.41, 5.74) is 2.29. The number of hydrogen-bond acceptors (Lipinski definition) is 3. The quantitative estimate of drug-likeness (QED) is 0.870. The number of benzene rings is 1. The van der Waals surface area contributed by atoms with E-state index >= 15 is 0 Å². The minimum atomic E-state index is 0.0611. The maximum absolute atomic E-state index is 13.0. The van der Waals surface area contributed by atoms with Crippen LogP contribution in [0.3, 0.4) is 0 Å². The Balaban J connectivity index is 1.96. The Morgan fingerprint density at radius 2 is 2.09 bits per heavy atom. The molecule has 2 heterocycles. The van der Waals surface area contributed by atoms with E-state index in [4.69, 9.17) is 0 Å². The minimum absolute atomic E-state index is 0.0611. The fourth-order valence-corrected chi connectivity index (χ4v) is 3.16. The molecule has 0 radical (unpaired) electrons. The van der Waals surface area contributed by atoms with Crippen LogP contribution in [0.2, 0.25) is 0 Å². The SMILES string of the molecule is CCC1CCCCN1C(=O)c1cncnc1-c1ccccc1. The van der Waals surface area contributed by atoms with Gasteiger partial charge in [-0.2, -0.15) is 0 Å². The lowest BCUT2D eigenvalue weighted by Gasteiger charge is -2.35. The lowest BCUT2D eigenvalue weighted by molar-refractivity contribution is 0.0608. The van der Waals surface area contributed by atoms with Gasteiger partial charge in [-0.3, -0.25) is 4.79 Å². The minimum Gasteiger partial charge on any atom is -0.336 e. The third-order valence-electron chi connectivity index (χ3n) is 4.35. The number of piperidine rings is 1.